The average molecular weight is 361 g/mol. The van der Waals surface area contributed by atoms with Crippen LogP contribution >= 0.6 is 11.8 Å². The lowest BCUT2D eigenvalue weighted by molar-refractivity contribution is 0.0278. The van der Waals surface area contributed by atoms with Gasteiger partial charge in [0.05, 0.1) is 0 Å². The van der Waals surface area contributed by atoms with Crippen molar-refractivity contribution < 1.29 is 9.53 Å². The van der Waals surface area contributed by atoms with Crippen LogP contribution in [-0.2, 0) is 4.74 Å². The van der Waals surface area contributed by atoms with Crippen LogP contribution in [0.2, 0.25) is 0 Å². The van der Waals surface area contributed by atoms with Crippen molar-refractivity contribution in [2.45, 2.75) is 51.9 Å². The Balaban J connectivity index is 4.27. The number of ether oxygens (including phenoxy) is 1. The van der Waals surface area contributed by atoms with Crippen LogP contribution in [0.1, 0.15) is 41.5 Å². The van der Waals surface area contributed by atoms with Crippen LogP contribution in [0.3, 0.4) is 0 Å². The van der Waals surface area contributed by atoms with E-state index in [4.69, 9.17) is 4.74 Å². The summed E-state index contributed by atoms with van der Waals surface area (Å²) in [6.45, 7) is 14.3. The molecule has 0 aliphatic carbocycles. The number of rotatable bonds is 7. The molecule has 0 saturated carbocycles. The van der Waals surface area contributed by atoms with E-state index in [1.54, 1.807) is 19.0 Å². The minimum atomic E-state index is -0.469. The number of carbonyl (C=O) groups excluding carboxylic acids is 1. The molecular formula is C17H36N4O2S. The molecule has 0 spiro atoms. The Morgan fingerprint density at radius 2 is 1.83 bits per heavy atom. The van der Waals surface area contributed by atoms with Crippen molar-refractivity contribution >= 4 is 23.8 Å². The van der Waals surface area contributed by atoms with Gasteiger partial charge in [0.15, 0.2) is 5.96 Å². The van der Waals surface area contributed by atoms with E-state index < -0.39 is 5.60 Å². The number of aliphatic imine (C=N–C) groups is 1. The first-order valence-corrected chi connectivity index (χ1v) is 9.56. The monoisotopic (exact) mass is 360 g/mol. The molecule has 1 amide bonds. The molecular weight excluding hydrogens is 324 g/mol. The molecule has 0 rings (SSSR count). The van der Waals surface area contributed by atoms with Gasteiger partial charge in [-0.3, -0.25) is 4.99 Å². The van der Waals surface area contributed by atoms with Gasteiger partial charge < -0.3 is 20.3 Å². The Hall–Kier alpha value is -1.11. The first-order chi connectivity index (χ1) is 10.9. The van der Waals surface area contributed by atoms with E-state index in [9.17, 15) is 4.79 Å². The molecule has 0 heterocycles. The van der Waals surface area contributed by atoms with Crippen LogP contribution in [0.15, 0.2) is 4.99 Å². The Labute approximate surface area is 152 Å². The van der Waals surface area contributed by atoms with E-state index in [1.165, 1.54) is 0 Å². The molecule has 0 aliphatic rings. The summed E-state index contributed by atoms with van der Waals surface area (Å²) in [7, 11) is 3.53. The maximum absolute atomic E-state index is 12.0. The van der Waals surface area contributed by atoms with Crippen LogP contribution in [0.5, 0.6) is 0 Å². The third kappa shape index (κ3) is 10.6. The molecule has 2 N–H and O–H groups in total. The smallest absolute Gasteiger partial charge is 0.410 e. The number of hydrogen-bond acceptors (Lipinski definition) is 4. The molecule has 0 bridgehead atoms. The molecule has 0 saturated heterocycles. The standard InChI is InChI=1S/C17H36N4O2S/c1-13(11-21(8)15(22)23-16(2,3)4)10-19-14(18-7)20-12-17(5,6)24-9/h13H,10-12H2,1-9H3,(H2,18,19,20). The Bertz CT molecular complexity index is 419. The summed E-state index contributed by atoms with van der Waals surface area (Å²) in [6, 6.07) is 0. The minimum Gasteiger partial charge on any atom is -0.444 e. The third-order valence-electron chi connectivity index (χ3n) is 3.37. The van der Waals surface area contributed by atoms with E-state index in [1.807, 2.05) is 32.5 Å². The zero-order chi connectivity index (χ0) is 19.0. The number of guanidine groups is 1. The van der Waals surface area contributed by atoms with Gasteiger partial charge in [-0.1, -0.05) is 6.92 Å². The van der Waals surface area contributed by atoms with Crippen molar-refractivity contribution in [1.29, 1.82) is 0 Å². The normalized spacial score (nSPS) is 14.1. The number of nitrogens with zero attached hydrogens (tertiary/aromatic N) is 2. The first kappa shape index (κ1) is 22.9. The second-order valence-electron chi connectivity index (χ2n) is 7.74. The van der Waals surface area contributed by atoms with Gasteiger partial charge in [-0.15, -0.1) is 0 Å². The van der Waals surface area contributed by atoms with Crippen LogP contribution in [0.25, 0.3) is 0 Å². The van der Waals surface area contributed by atoms with Crippen molar-refractivity contribution in [1.82, 2.24) is 15.5 Å². The zero-order valence-corrected chi connectivity index (χ0v) is 17.6. The van der Waals surface area contributed by atoms with E-state index in [0.29, 0.717) is 6.54 Å². The summed E-state index contributed by atoms with van der Waals surface area (Å²) >= 11 is 1.82. The zero-order valence-electron chi connectivity index (χ0n) is 16.8. The predicted molar refractivity (Wildman–Crippen MR) is 105 cm³/mol. The lowest BCUT2D eigenvalue weighted by Crippen LogP contribution is -2.45. The summed E-state index contributed by atoms with van der Waals surface area (Å²) in [5.74, 6) is 1.05. The Morgan fingerprint density at radius 1 is 1.25 bits per heavy atom. The van der Waals surface area contributed by atoms with E-state index >= 15 is 0 Å². The van der Waals surface area contributed by atoms with E-state index in [0.717, 1.165) is 19.0 Å². The third-order valence-corrected chi connectivity index (χ3v) is 4.62. The van der Waals surface area contributed by atoms with E-state index in [-0.39, 0.29) is 16.8 Å². The highest BCUT2D eigenvalue weighted by atomic mass is 32.2. The number of hydrogen-bond donors (Lipinski definition) is 2. The maximum Gasteiger partial charge on any atom is 0.410 e. The fourth-order valence-corrected chi connectivity index (χ4v) is 2.02. The van der Waals surface area contributed by atoms with Crippen molar-refractivity contribution in [3.63, 3.8) is 0 Å². The largest absolute Gasteiger partial charge is 0.444 e. The van der Waals surface area contributed by atoms with Crippen LogP contribution in [0.4, 0.5) is 4.79 Å². The van der Waals surface area contributed by atoms with Gasteiger partial charge in [-0.25, -0.2) is 4.79 Å². The molecule has 1 unspecified atom stereocenters. The van der Waals surface area contributed by atoms with Gasteiger partial charge >= 0.3 is 6.09 Å². The fourth-order valence-electron chi connectivity index (χ4n) is 1.81. The number of nitrogens with one attached hydrogen (secondary N) is 2. The van der Waals surface area contributed by atoms with Crippen molar-refractivity contribution in [2.75, 3.05) is 40.0 Å². The highest BCUT2D eigenvalue weighted by Crippen LogP contribution is 2.19. The number of amides is 1. The minimum absolute atomic E-state index is 0.153. The SMILES string of the molecule is CN=C(NCC(C)CN(C)C(=O)OC(C)(C)C)NCC(C)(C)SC. The van der Waals surface area contributed by atoms with Gasteiger partial charge in [0, 0.05) is 38.5 Å². The highest BCUT2D eigenvalue weighted by Gasteiger charge is 2.21. The molecule has 6 nitrogen and oxygen atoms in total. The lowest BCUT2D eigenvalue weighted by atomic mass is 10.1. The molecule has 7 heteroatoms. The quantitative estimate of drug-likeness (QED) is 0.540. The van der Waals surface area contributed by atoms with Gasteiger partial charge in [0.1, 0.15) is 5.60 Å². The van der Waals surface area contributed by atoms with Crippen LogP contribution < -0.4 is 10.6 Å². The van der Waals surface area contributed by atoms with Gasteiger partial charge in [0.2, 0.25) is 0 Å². The number of carbonyl (C=O) groups is 1. The molecule has 24 heavy (non-hydrogen) atoms. The topological polar surface area (TPSA) is 66.0 Å². The highest BCUT2D eigenvalue weighted by molar-refractivity contribution is 7.99. The summed E-state index contributed by atoms with van der Waals surface area (Å²) in [5, 5.41) is 6.65. The van der Waals surface area contributed by atoms with Gasteiger partial charge in [0.25, 0.3) is 0 Å². The second-order valence-corrected chi connectivity index (χ2v) is 9.25. The lowest BCUT2D eigenvalue weighted by Gasteiger charge is -2.27. The molecule has 0 aromatic carbocycles. The molecule has 142 valence electrons. The molecule has 0 aromatic rings. The van der Waals surface area contributed by atoms with Crippen molar-refractivity contribution in [2.24, 2.45) is 10.9 Å². The first-order valence-electron chi connectivity index (χ1n) is 8.34. The average Bonchev–Trinajstić information content (AvgIpc) is 2.45. The summed E-state index contributed by atoms with van der Waals surface area (Å²) in [5.41, 5.74) is -0.469. The maximum atomic E-state index is 12.0. The summed E-state index contributed by atoms with van der Waals surface area (Å²) in [6.07, 6.45) is 1.81. The Kier molecular flexibility index (Phi) is 9.55. The molecule has 0 aromatic heterocycles. The van der Waals surface area contributed by atoms with Crippen LogP contribution in [-0.4, -0.2) is 67.3 Å². The predicted octanol–water partition coefficient (Wildman–Crippen LogP) is 2.80. The van der Waals surface area contributed by atoms with Crippen molar-refractivity contribution in [3.8, 4) is 0 Å². The molecule has 0 fully saturated rings. The van der Waals surface area contributed by atoms with Gasteiger partial charge in [-0.05, 0) is 46.8 Å². The van der Waals surface area contributed by atoms with Crippen LogP contribution in [0, 0.1) is 5.92 Å². The molecule has 0 aliphatic heterocycles. The summed E-state index contributed by atoms with van der Waals surface area (Å²) < 4.78 is 5.52. The van der Waals surface area contributed by atoms with Crippen molar-refractivity contribution in [3.05, 3.63) is 0 Å². The molecule has 1 atom stereocenters. The van der Waals surface area contributed by atoms with E-state index in [2.05, 4.69) is 42.7 Å². The second kappa shape index (κ2) is 10.0. The fraction of sp³-hybridized carbons (Fsp3) is 0.882. The molecule has 0 radical (unpaired) electrons. The Morgan fingerprint density at radius 3 is 2.29 bits per heavy atom. The van der Waals surface area contributed by atoms with Gasteiger partial charge in [-0.2, -0.15) is 11.8 Å². The number of thioether (sulfide) groups is 1. The summed E-state index contributed by atoms with van der Waals surface area (Å²) in [4.78, 5) is 17.8.